The van der Waals surface area contributed by atoms with Crippen LogP contribution < -0.4 is 5.19 Å². The molecule has 0 aliphatic heterocycles. The van der Waals surface area contributed by atoms with E-state index in [1.807, 2.05) is 49.5 Å². The number of rotatable bonds is 3. The quantitative estimate of drug-likeness (QED) is 0.136. The van der Waals surface area contributed by atoms with Gasteiger partial charge in [0, 0.05) is 41.3 Å². The summed E-state index contributed by atoms with van der Waals surface area (Å²) in [6.07, 6.45) is 3.33. The van der Waals surface area contributed by atoms with Crippen molar-refractivity contribution >= 4 is 44.8 Å². The van der Waals surface area contributed by atoms with Gasteiger partial charge in [0.25, 0.3) is 0 Å². The summed E-state index contributed by atoms with van der Waals surface area (Å²) in [6, 6.07) is 32.5. The predicted molar refractivity (Wildman–Crippen MR) is 162 cm³/mol. The van der Waals surface area contributed by atoms with Crippen LogP contribution in [0.15, 0.2) is 91.3 Å². The van der Waals surface area contributed by atoms with Crippen LogP contribution in [0.2, 0.25) is 19.6 Å². The molecule has 0 aliphatic carbocycles. The maximum absolute atomic E-state index is 7.53. The first-order valence-electron chi connectivity index (χ1n) is 13.8. The fraction of sp³-hybridized carbons (Fsp3) is 0.152. The van der Waals surface area contributed by atoms with Crippen molar-refractivity contribution in [2.75, 3.05) is 0 Å². The van der Waals surface area contributed by atoms with Crippen LogP contribution in [0.25, 0.3) is 42.7 Å². The number of thiophene rings is 1. The third-order valence-corrected chi connectivity index (χ3v) is 9.40. The first-order chi connectivity index (χ1) is 19.0. The van der Waals surface area contributed by atoms with Crippen LogP contribution in [-0.2, 0) is 20.1 Å². The topological polar surface area (TPSA) is 25.8 Å². The minimum Gasteiger partial charge on any atom is -0.304 e. The van der Waals surface area contributed by atoms with E-state index in [1.54, 1.807) is 23.5 Å². The Morgan fingerprint density at radius 1 is 0.789 bits per heavy atom. The van der Waals surface area contributed by atoms with Gasteiger partial charge in [-0.05, 0) is 52.4 Å². The second-order valence-electron chi connectivity index (χ2n) is 10.1. The van der Waals surface area contributed by atoms with Crippen molar-refractivity contribution < 1.29 is 24.2 Å². The van der Waals surface area contributed by atoms with E-state index in [4.69, 9.17) is 4.11 Å². The van der Waals surface area contributed by atoms with E-state index in [0.29, 0.717) is 0 Å². The van der Waals surface area contributed by atoms with Gasteiger partial charge in [-0.3, -0.25) is 0 Å². The van der Waals surface area contributed by atoms with Crippen molar-refractivity contribution in [2.24, 2.45) is 0 Å². The molecule has 0 amide bonds. The zero-order chi connectivity index (χ0) is 28.5. The van der Waals surface area contributed by atoms with E-state index in [-0.39, 0.29) is 25.7 Å². The number of fused-ring (bicyclic) bond motifs is 3. The van der Waals surface area contributed by atoms with Crippen LogP contribution in [0.1, 0.15) is 15.2 Å². The second kappa shape index (κ2) is 11.8. The molecule has 0 atom stereocenters. The van der Waals surface area contributed by atoms with Crippen LogP contribution in [0.3, 0.4) is 0 Å². The molecule has 3 aromatic carbocycles. The van der Waals surface area contributed by atoms with Gasteiger partial charge in [0.1, 0.15) is 0 Å². The number of pyridine rings is 2. The van der Waals surface area contributed by atoms with Crippen molar-refractivity contribution in [1.29, 1.82) is 0 Å². The SMILES string of the molecule is Cc1ccc(-c2[c-]cccc2)nc1.[2H]C([2H])([2H])c1ccc(-c2[c-]ccc3c2sc2cccc([Si](C)(C)C)c23)nc1.[Ir]. The summed E-state index contributed by atoms with van der Waals surface area (Å²) in [6.45, 7) is 7.01. The predicted octanol–water partition coefficient (Wildman–Crippen LogP) is 8.63. The van der Waals surface area contributed by atoms with Crippen LogP contribution in [-0.4, -0.2) is 18.0 Å². The van der Waals surface area contributed by atoms with Gasteiger partial charge in [-0.2, -0.15) is 11.3 Å². The molecule has 3 heterocycles. The van der Waals surface area contributed by atoms with Crippen LogP contribution in [0.5, 0.6) is 0 Å². The zero-order valence-electron chi connectivity index (χ0n) is 24.8. The summed E-state index contributed by atoms with van der Waals surface area (Å²) in [5.41, 5.74) is 5.16. The van der Waals surface area contributed by atoms with Gasteiger partial charge in [-0.15, -0.1) is 59.7 Å². The molecule has 6 aromatic rings. The third kappa shape index (κ3) is 6.03. The fourth-order valence-electron chi connectivity index (χ4n) is 4.33. The van der Waals surface area contributed by atoms with Crippen molar-refractivity contribution in [3.63, 3.8) is 0 Å². The summed E-state index contributed by atoms with van der Waals surface area (Å²) in [4.78, 5) is 8.75. The fourth-order valence-corrected chi connectivity index (χ4v) is 7.27. The summed E-state index contributed by atoms with van der Waals surface area (Å²) in [7, 11) is -1.49. The standard InChI is InChI=1S/C21H20NSSi.C12H10N.Ir/c1-14-11-12-17(22-13-14)15-7-5-8-16-20-18(23-21(15)16)9-6-10-19(20)24(2,3)4;1-10-7-8-12(13-9-10)11-5-3-2-4-6-11;/h5-6,8-13H,1-4H3;2-5,7-9H,1H3;/q2*-1;/i1D3;;. The van der Waals surface area contributed by atoms with Crippen molar-refractivity contribution in [1.82, 2.24) is 9.97 Å². The number of aryl methyl sites for hydroxylation is 2. The monoisotopic (exact) mass is 710 g/mol. The molecule has 193 valence electrons. The molecular weight excluding hydrogens is 677 g/mol. The molecule has 3 aromatic heterocycles. The Labute approximate surface area is 248 Å². The van der Waals surface area contributed by atoms with Crippen molar-refractivity contribution in [3.8, 4) is 22.5 Å². The molecule has 0 saturated carbocycles. The molecule has 6 rings (SSSR count). The first-order valence-corrected chi connectivity index (χ1v) is 16.6. The molecule has 0 saturated heterocycles. The van der Waals surface area contributed by atoms with Crippen LogP contribution in [0, 0.1) is 25.9 Å². The average Bonchev–Trinajstić information content (AvgIpc) is 3.32. The van der Waals surface area contributed by atoms with Gasteiger partial charge < -0.3 is 9.97 Å². The van der Waals surface area contributed by atoms with E-state index in [0.717, 1.165) is 27.2 Å². The summed E-state index contributed by atoms with van der Waals surface area (Å²) in [5.74, 6) is 0. The van der Waals surface area contributed by atoms with Crippen LogP contribution >= 0.6 is 11.3 Å². The summed E-state index contributed by atoms with van der Waals surface area (Å²) < 4.78 is 25.0. The smallest absolute Gasteiger partial charge is 0.0783 e. The maximum Gasteiger partial charge on any atom is 0.0783 e. The second-order valence-corrected chi connectivity index (χ2v) is 16.1. The van der Waals surface area contributed by atoms with Gasteiger partial charge in [-0.1, -0.05) is 66.6 Å². The summed E-state index contributed by atoms with van der Waals surface area (Å²) >= 11 is 1.76. The molecule has 38 heavy (non-hydrogen) atoms. The molecule has 0 N–H and O–H groups in total. The number of benzene rings is 3. The molecule has 0 unspecified atom stereocenters. The van der Waals surface area contributed by atoms with Gasteiger partial charge in [0.05, 0.1) is 8.07 Å². The van der Waals surface area contributed by atoms with Gasteiger partial charge >= 0.3 is 0 Å². The Morgan fingerprint density at radius 2 is 1.55 bits per heavy atom. The Balaban J connectivity index is 0.000000233. The molecule has 1 radical (unpaired) electrons. The number of hydrogen-bond donors (Lipinski definition) is 0. The van der Waals surface area contributed by atoms with Crippen LogP contribution in [0.4, 0.5) is 0 Å². The van der Waals surface area contributed by atoms with E-state index in [2.05, 4.69) is 72.1 Å². The van der Waals surface area contributed by atoms with Crippen molar-refractivity contribution in [3.05, 3.63) is 115 Å². The molecule has 0 aliphatic rings. The Hall–Kier alpha value is -2.95. The number of hydrogen-bond acceptors (Lipinski definition) is 3. The Bertz CT molecular complexity index is 1760. The molecule has 0 spiro atoms. The zero-order valence-corrected chi connectivity index (χ0v) is 26.0. The largest absolute Gasteiger partial charge is 0.304 e. The minimum absolute atomic E-state index is 0. The van der Waals surface area contributed by atoms with E-state index >= 15 is 0 Å². The van der Waals surface area contributed by atoms with Crippen molar-refractivity contribution in [2.45, 2.75) is 33.4 Å². The normalized spacial score (nSPS) is 12.6. The van der Waals surface area contributed by atoms with E-state index < -0.39 is 14.9 Å². The van der Waals surface area contributed by atoms with Gasteiger partial charge in [-0.25, -0.2) is 0 Å². The minimum atomic E-state index is -2.13. The van der Waals surface area contributed by atoms with Gasteiger partial charge in [0.2, 0.25) is 0 Å². The van der Waals surface area contributed by atoms with E-state index in [9.17, 15) is 0 Å². The summed E-state index contributed by atoms with van der Waals surface area (Å²) in [5, 5.41) is 4.06. The first kappa shape index (κ1) is 24.1. The molecule has 5 heteroatoms. The number of aromatic nitrogens is 2. The molecule has 0 bridgehead atoms. The Kier molecular flexibility index (Phi) is 7.51. The van der Waals surface area contributed by atoms with E-state index in [1.165, 1.54) is 32.4 Å². The molecule has 0 fully saturated rings. The third-order valence-electron chi connectivity index (χ3n) is 6.18. The Morgan fingerprint density at radius 3 is 2.21 bits per heavy atom. The molecule has 2 nitrogen and oxygen atoms in total. The number of nitrogens with zero attached hydrogens (tertiary/aromatic N) is 2. The average molecular weight is 710 g/mol. The molecular formula is C33H30IrN2SSi-2. The van der Waals surface area contributed by atoms with Gasteiger partial charge in [0.15, 0.2) is 0 Å². The maximum atomic E-state index is 7.53.